The van der Waals surface area contributed by atoms with Crippen LogP contribution in [0.15, 0.2) is 30.3 Å². The summed E-state index contributed by atoms with van der Waals surface area (Å²) in [5.41, 5.74) is 0.997. The van der Waals surface area contributed by atoms with Gasteiger partial charge >= 0.3 is 0 Å². The number of rotatable bonds is 6. The van der Waals surface area contributed by atoms with Gasteiger partial charge in [-0.05, 0) is 12.5 Å². The largest absolute Gasteiger partial charge is 0.347 e. The predicted molar refractivity (Wildman–Crippen MR) is 112 cm³/mol. The number of ether oxygens (including phenoxy) is 2. The molecule has 0 aromatic heterocycles. The topological polar surface area (TPSA) is 69.7 Å². The first-order valence-electron chi connectivity index (χ1n) is 8.60. The lowest BCUT2D eigenvalue weighted by Gasteiger charge is -2.44. The van der Waals surface area contributed by atoms with E-state index in [1.165, 1.54) is 20.8 Å². The Hall–Kier alpha value is -0.800. The maximum absolute atomic E-state index is 11.9. The van der Waals surface area contributed by atoms with E-state index < -0.39 is 6.29 Å². The van der Waals surface area contributed by atoms with Gasteiger partial charge < -0.3 is 9.47 Å². The van der Waals surface area contributed by atoms with E-state index in [2.05, 4.69) is 0 Å². The van der Waals surface area contributed by atoms with E-state index in [0.29, 0.717) is 6.61 Å². The Bertz CT molecular complexity index is 667. The van der Waals surface area contributed by atoms with Gasteiger partial charge in [-0.3, -0.25) is 14.4 Å². The zero-order chi connectivity index (χ0) is 20.0. The molecule has 5 atom stereocenters. The lowest BCUT2D eigenvalue weighted by Crippen LogP contribution is -2.54. The Morgan fingerprint density at radius 2 is 1.41 bits per heavy atom. The van der Waals surface area contributed by atoms with Crippen LogP contribution in [0, 0.1) is 0 Å². The van der Waals surface area contributed by atoms with Crippen molar-refractivity contribution in [2.75, 3.05) is 0 Å². The molecule has 1 fully saturated rings. The molecule has 0 amide bonds. The van der Waals surface area contributed by atoms with Crippen molar-refractivity contribution in [3.05, 3.63) is 35.9 Å². The van der Waals surface area contributed by atoms with Crippen LogP contribution in [0.3, 0.4) is 0 Å². The van der Waals surface area contributed by atoms with Crippen molar-refractivity contribution in [2.45, 2.75) is 62.4 Å². The molecule has 0 unspecified atom stereocenters. The quantitative estimate of drug-likeness (QED) is 0.676. The molecule has 5 nitrogen and oxygen atoms in total. The number of carbonyl (C=O) groups excluding carboxylic acids is 3. The van der Waals surface area contributed by atoms with Crippen LogP contribution in [0.25, 0.3) is 0 Å². The van der Waals surface area contributed by atoms with Crippen LogP contribution in [0.2, 0.25) is 0 Å². The molecule has 1 aromatic carbocycles. The molecule has 148 valence electrons. The van der Waals surface area contributed by atoms with Gasteiger partial charge in [0, 0.05) is 26.0 Å². The van der Waals surface area contributed by atoms with E-state index in [4.69, 9.17) is 9.47 Å². The SMILES string of the molecule is CC(=O)S[C@H]1[C@H](SC(C)=O)[C@@H](OCc2ccccc2)O[C@H](C)[C@H]1SC(C)=O. The minimum Gasteiger partial charge on any atom is -0.347 e. The van der Waals surface area contributed by atoms with E-state index in [9.17, 15) is 14.4 Å². The van der Waals surface area contributed by atoms with Gasteiger partial charge in [-0.25, -0.2) is 0 Å². The summed E-state index contributed by atoms with van der Waals surface area (Å²) in [7, 11) is 0. The molecule has 0 N–H and O–H groups in total. The molecule has 0 radical (unpaired) electrons. The summed E-state index contributed by atoms with van der Waals surface area (Å²) in [6, 6.07) is 9.70. The lowest BCUT2D eigenvalue weighted by molar-refractivity contribution is -0.187. The molecular formula is C19H24O5S3. The molecule has 1 heterocycles. The molecule has 0 spiro atoms. The molecule has 8 heteroatoms. The van der Waals surface area contributed by atoms with Crippen LogP contribution in [-0.2, 0) is 30.5 Å². The van der Waals surface area contributed by atoms with Crippen molar-refractivity contribution >= 4 is 50.6 Å². The molecule has 2 rings (SSSR count). The van der Waals surface area contributed by atoms with Gasteiger partial charge in [-0.2, -0.15) is 0 Å². The molecule has 0 saturated carbocycles. The molecule has 0 bridgehead atoms. The minimum absolute atomic E-state index is 0.0418. The van der Waals surface area contributed by atoms with Crippen molar-refractivity contribution in [3.63, 3.8) is 0 Å². The first kappa shape index (κ1) is 22.5. The molecule has 1 aliphatic rings. The summed E-state index contributed by atoms with van der Waals surface area (Å²) in [6.45, 7) is 6.70. The average Bonchev–Trinajstić information content (AvgIpc) is 2.59. The third-order valence-electron chi connectivity index (χ3n) is 3.89. The van der Waals surface area contributed by atoms with Crippen molar-refractivity contribution < 1.29 is 23.9 Å². The highest BCUT2D eigenvalue weighted by atomic mass is 32.2. The summed E-state index contributed by atoms with van der Waals surface area (Å²) in [5.74, 6) is 0. The second-order valence-electron chi connectivity index (χ2n) is 6.23. The van der Waals surface area contributed by atoms with Crippen LogP contribution >= 0.6 is 35.3 Å². The van der Waals surface area contributed by atoms with Crippen LogP contribution in [0.4, 0.5) is 0 Å². The van der Waals surface area contributed by atoms with E-state index in [-0.39, 0.29) is 37.2 Å². The van der Waals surface area contributed by atoms with Crippen molar-refractivity contribution in [2.24, 2.45) is 0 Å². The van der Waals surface area contributed by atoms with Crippen molar-refractivity contribution in [1.82, 2.24) is 0 Å². The summed E-state index contributed by atoms with van der Waals surface area (Å²) in [5, 5.41) is -1.06. The highest BCUT2D eigenvalue weighted by molar-refractivity contribution is 8.19. The summed E-state index contributed by atoms with van der Waals surface area (Å²) >= 11 is 3.44. The first-order chi connectivity index (χ1) is 12.8. The Labute approximate surface area is 172 Å². The fraction of sp³-hybridized carbons (Fsp3) is 0.526. The molecule has 1 saturated heterocycles. The Kier molecular flexibility index (Phi) is 8.88. The van der Waals surface area contributed by atoms with Gasteiger partial charge in [-0.1, -0.05) is 65.6 Å². The van der Waals surface area contributed by atoms with Crippen molar-refractivity contribution in [3.8, 4) is 0 Å². The van der Waals surface area contributed by atoms with Gasteiger partial charge in [-0.15, -0.1) is 0 Å². The summed E-state index contributed by atoms with van der Waals surface area (Å²) in [6.07, 6.45) is -0.935. The zero-order valence-corrected chi connectivity index (χ0v) is 18.2. The molecule has 1 aromatic rings. The van der Waals surface area contributed by atoms with Gasteiger partial charge in [0.1, 0.15) is 0 Å². The van der Waals surface area contributed by atoms with Crippen molar-refractivity contribution in [1.29, 1.82) is 0 Å². The lowest BCUT2D eigenvalue weighted by atomic mass is 10.1. The van der Waals surface area contributed by atoms with Crippen LogP contribution in [-0.4, -0.2) is 43.5 Å². The first-order valence-corrected chi connectivity index (χ1v) is 11.2. The molecular weight excluding hydrogens is 404 g/mol. The highest BCUT2D eigenvalue weighted by Gasteiger charge is 2.47. The summed E-state index contributed by atoms with van der Waals surface area (Å²) < 4.78 is 12.1. The second kappa shape index (κ2) is 10.7. The van der Waals surface area contributed by atoms with Gasteiger partial charge in [0.2, 0.25) is 0 Å². The molecule has 27 heavy (non-hydrogen) atoms. The van der Waals surface area contributed by atoms with Gasteiger partial charge in [0.15, 0.2) is 21.6 Å². The zero-order valence-electron chi connectivity index (χ0n) is 15.7. The van der Waals surface area contributed by atoms with E-state index in [1.54, 1.807) is 0 Å². The van der Waals surface area contributed by atoms with Gasteiger partial charge in [0.05, 0.1) is 23.2 Å². The van der Waals surface area contributed by atoms with Gasteiger partial charge in [0.25, 0.3) is 0 Å². The minimum atomic E-state index is -0.644. The Morgan fingerprint density at radius 1 is 0.889 bits per heavy atom. The maximum atomic E-state index is 11.9. The van der Waals surface area contributed by atoms with E-state index >= 15 is 0 Å². The third-order valence-corrected chi connectivity index (χ3v) is 7.83. The predicted octanol–water partition coefficient (Wildman–Crippen LogP) is 3.89. The maximum Gasteiger partial charge on any atom is 0.186 e. The Balaban J connectivity index is 2.24. The van der Waals surface area contributed by atoms with Crippen LogP contribution in [0.5, 0.6) is 0 Å². The summed E-state index contributed by atoms with van der Waals surface area (Å²) in [4.78, 5) is 35.4. The number of hydrogen-bond acceptors (Lipinski definition) is 8. The van der Waals surface area contributed by atoms with E-state index in [0.717, 1.165) is 40.8 Å². The third kappa shape index (κ3) is 6.94. The van der Waals surface area contributed by atoms with Crippen LogP contribution < -0.4 is 0 Å². The number of benzene rings is 1. The Morgan fingerprint density at radius 3 is 1.96 bits per heavy atom. The second-order valence-corrected chi connectivity index (χ2v) is 10.3. The molecule has 1 aliphatic heterocycles. The molecule has 0 aliphatic carbocycles. The average molecular weight is 429 g/mol. The smallest absolute Gasteiger partial charge is 0.186 e. The monoisotopic (exact) mass is 428 g/mol. The highest BCUT2D eigenvalue weighted by Crippen LogP contribution is 2.43. The van der Waals surface area contributed by atoms with E-state index in [1.807, 2.05) is 37.3 Å². The fourth-order valence-corrected chi connectivity index (χ4v) is 6.51. The number of thioether (sulfide) groups is 3. The van der Waals surface area contributed by atoms with Crippen LogP contribution in [0.1, 0.15) is 33.3 Å². The normalized spacial score (nSPS) is 27.9. The fourth-order valence-electron chi connectivity index (χ4n) is 2.86. The number of hydrogen-bond donors (Lipinski definition) is 0. The number of carbonyl (C=O) groups is 3. The standard InChI is InChI=1S/C19H24O5S3/c1-11-16(25-12(2)20)17(26-13(3)21)18(27-14(4)22)19(24-11)23-10-15-8-6-5-7-9-15/h5-9,11,16-19H,10H2,1-4H3/t11-,16-,17-,18+,19+/m1/s1.